The third kappa shape index (κ3) is 2.62. The predicted molar refractivity (Wildman–Crippen MR) is 66.6 cm³/mol. The van der Waals surface area contributed by atoms with Gasteiger partial charge in [0.15, 0.2) is 0 Å². The molecule has 1 saturated carbocycles. The Morgan fingerprint density at radius 1 is 1.31 bits per heavy atom. The highest BCUT2D eigenvalue weighted by Gasteiger charge is 2.23. The van der Waals surface area contributed by atoms with Crippen molar-refractivity contribution in [3.05, 3.63) is 12.4 Å². The van der Waals surface area contributed by atoms with Crippen molar-refractivity contribution in [3.63, 3.8) is 0 Å². The van der Waals surface area contributed by atoms with Crippen molar-refractivity contribution in [2.45, 2.75) is 39.2 Å². The first kappa shape index (κ1) is 11.2. The molecule has 4 heteroatoms. The van der Waals surface area contributed by atoms with Crippen molar-refractivity contribution in [2.75, 3.05) is 17.2 Å². The standard InChI is InChI=1S/C12H20N4/c1-3-14-11-7-13-8-12(16-11)15-10-6-4-5-9(10)2/h7-10H,3-6H2,1-2H3,(H2,14,15,16). The summed E-state index contributed by atoms with van der Waals surface area (Å²) in [6.45, 7) is 5.23. The lowest BCUT2D eigenvalue weighted by atomic mass is 10.1. The second-order valence-corrected chi connectivity index (χ2v) is 4.48. The molecular weight excluding hydrogens is 200 g/mol. The van der Waals surface area contributed by atoms with E-state index in [-0.39, 0.29) is 0 Å². The number of rotatable bonds is 4. The summed E-state index contributed by atoms with van der Waals surface area (Å²) in [6, 6.07) is 0.561. The Balaban J connectivity index is 2.00. The molecule has 1 aliphatic carbocycles. The lowest BCUT2D eigenvalue weighted by Gasteiger charge is -2.17. The minimum Gasteiger partial charge on any atom is -0.369 e. The second kappa shape index (κ2) is 5.14. The van der Waals surface area contributed by atoms with Crippen LogP contribution in [0.5, 0.6) is 0 Å². The third-order valence-electron chi connectivity index (χ3n) is 3.19. The molecule has 1 aromatic rings. The van der Waals surface area contributed by atoms with Crippen LogP contribution in [0.25, 0.3) is 0 Å². The van der Waals surface area contributed by atoms with Gasteiger partial charge in [-0.3, -0.25) is 4.98 Å². The molecule has 2 N–H and O–H groups in total. The van der Waals surface area contributed by atoms with E-state index in [0.29, 0.717) is 6.04 Å². The molecule has 2 rings (SSSR count). The zero-order valence-electron chi connectivity index (χ0n) is 10.0. The molecule has 0 spiro atoms. The van der Waals surface area contributed by atoms with Crippen LogP contribution >= 0.6 is 0 Å². The van der Waals surface area contributed by atoms with Gasteiger partial charge < -0.3 is 10.6 Å². The highest BCUT2D eigenvalue weighted by atomic mass is 15.1. The highest BCUT2D eigenvalue weighted by molar-refractivity contribution is 5.42. The molecule has 0 aromatic carbocycles. The largest absolute Gasteiger partial charge is 0.369 e. The first-order valence-electron chi connectivity index (χ1n) is 6.12. The smallest absolute Gasteiger partial charge is 0.147 e. The summed E-state index contributed by atoms with van der Waals surface area (Å²) in [6.07, 6.45) is 7.43. The van der Waals surface area contributed by atoms with Gasteiger partial charge in [0.05, 0.1) is 12.4 Å². The van der Waals surface area contributed by atoms with Crippen LogP contribution in [0.3, 0.4) is 0 Å². The first-order chi connectivity index (χ1) is 7.79. The second-order valence-electron chi connectivity index (χ2n) is 4.48. The molecule has 0 aliphatic heterocycles. The Bertz CT molecular complexity index is 340. The SMILES string of the molecule is CCNc1cncc(NC2CCCC2C)n1. The number of nitrogens with zero attached hydrogens (tertiary/aromatic N) is 2. The summed E-state index contributed by atoms with van der Waals surface area (Å²) in [5.74, 6) is 2.47. The molecule has 1 heterocycles. The van der Waals surface area contributed by atoms with E-state index in [9.17, 15) is 0 Å². The molecule has 4 nitrogen and oxygen atoms in total. The van der Waals surface area contributed by atoms with Crippen molar-refractivity contribution in [1.29, 1.82) is 0 Å². The monoisotopic (exact) mass is 220 g/mol. The number of anilines is 2. The van der Waals surface area contributed by atoms with Crippen LogP contribution in [-0.4, -0.2) is 22.6 Å². The fraction of sp³-hybridized carbons (Fsp3) is 0.667. The Kier molecular flexibility index (Phi) is 3.59. The molecule has 1 fully saturated rings. The summed E-state index contributed by atoms with van der Waals surface area (Å²) in [5.41, 5.74) is 0. The average molecular weight is 220 g/mol. The van der Waals surface area contributed by atoms with Crippen LogP contribution in [0.4, 0.5) is 11.6 Å². The number of hydrogen-bond donors (Lipinski definition) is 2. The van der Waals surface area contributed by atoms with Gasteiger partial charge in [0.2, 0.25) is 0 Å². The van der Waals surface area contributed by atoms with E-state index in [0.717, 1.165) is 24.1 Å². The number of aromatic nitrogens is 2. The van der Waals surface area contributed by atoms with Crippen LogP contribution in [0.15, 0.2) is 12.4 Å². The van der Waals surface area contributed by atoms with Crippen molar-refractivity contribution in [3.8, 4) is 0 Å². The van der Waals surface area contributed by atoms with Gasteiger partial charge in [0.25, 0.3) is 0 Å². The minimum absolute atomic E-state index is 0.561. The zero-order valence-corrected chi connectivity index (χ0v) is 10.0. The minimum atomic E-state index is 0.561. The van der Waals surface area contributed by atoms with Gasteiger partial charge in [-0.25, -0.2) is 4.98 Å². The lowest BCUT2D eigenvalue weighted by Crippen LogP contribution is -2.22. The molecule has 0 radical (unpaired) electrons. The molecule has 1 aliphatic rings. The lowest BCUT2D eigenvalue weighted by molar-refractivity contribution is 0.554. The summed E-state index contributed by atoms with van der Waals surface area (Å²) in [5, 5.41) is 6.65. The fourth-order valence-electron chi connectivity index (χ4n) is 2.25. The van der Waals surface area contributed by atoms with E-state index < -0.39 is 0 Å². The molecule has 88 valence electrons. The van der Waals surface area contributed by atoms with E-state index in [1.54, 1.807) is 12.4 Å². The summed E-state index contributed by atoms with van der Waals surface area (Å²) in [4.78, 5) is 8.66. The first-order valence-corrected chi connectivity index (χ1v) is 6.12. The van der Waals surface area contributed by atoms with Crippen LogP contribution in [0, 0.1) is 5.92 Å². The molecule has 0 saturated heterocycles. The Morgan fingerprint density at radius 3 is 2.81 bits per heavy atom. The van der Waals surface area contributed by atoms with E-state index in [1.807, 2.05) is 0 Å². The van der Waals surface area contributed by atoms with Crippen molar-refractivity contribution < 1.29 is 0 Å². The van der Waals surface area contributed by atoms with Gasteiger partial charge in [-0.05, 0) is 25.7 Å². The van der Waals surface area contributed by atoms with E-state index in [1.165, 1.54) is 19.3 Å². The van der Waals surface area contributed by atoms with Gasteiger partial charge in [0.1, 0.15) is 11.6 Å². The zero-order chi connectivity index (χ0) is 11.4. The van der Waals surface area contributed by atoms with Gasteiger partial charge in [-0.2, -0.15) is 0 Å². The Hall–Kier alpha value is -1.32. The molecule has 2 unspecified atom stereocenters. The summed E-state index contributed by atoms with van der Waals surface area (Å²) >= 11 is 0. The maximum Gasteiger partial charge on any atom is 0.147 e. The van der Waals surface area contributed by atoms with Gasteiger partial charge in [-0.1, -0.05) is 13.3 Å². The Labute approximate surface area is 96.9 Å². The quantitative estimate of drug-likeness (QED) is 0.818. The van der Waals surface area contributed by atoms with Gasteiger partial charge in [-0.15, -0.1) is 0 Å². The Morgan fingerprint density at radius 2 is 2.12 bits per heavy atom. The highest BCUT2D eigenvalue weighted by Crippen LogP contribution is 2.27. The van der Waals surface area contributed by atoms with Gasteiger partial charge >= 0.3 is 0 Å². The number of hydrogen-bond acceptors (Lipinski definition) is 4. The van der Waals surface area contributed by atoms with Gasteiger partial charge in [0, 0.05) is 12.6 Å². The van der Waals surface area contributed by atoms with Crippen LogP contribution in [-0.2, 0) is 0 Å². The molecule has 1 aromatic heterocycles. The van der Waals surface area contributed by atoms with E-state index in [4.69, 9.17) is 0 Å². The van der Waals surface area contributed by atoms with Crippen molar-refractivity contribution >= 4 is 11.6 Å². The predicted octanol–water partition coefficient (Wildman–Crippen LogP) is 2.51. The normalized spacial score (nSPS) is 24.4. The third-order valence-corrected chi connectivity index (χ3v) is 3.19. The summed E-state index contributed by atoms with van der Waals surface area (Å²) in [7, 11) is 0. The molecule has 0 amide bonds. The van der Waals surface area contributed by atoms with Crippen LogP contribution in [0.1, 0.15) is 33.1 Å². The van der Waals surface area contributed by atoms with Crippen LogP contribution in [0.2, 0.25) is 0 Å². The fourth-order valence-corrected chi connectivity index (χ4v) is 2.25. The number of nitrogens with one attached hydrogen (secondary N) is 2. The van der Waals surface area contributed by atoms with Crippen molar-refractivity contribution in [2.24, 2.45) is 5.92 Å². The molecular formula is C12H20N4. The summed E-state index contributed by atoms with van der Waals surface area (Å²) < 4.78 is 0. The van der Waals surface area contributed by atoms with E-state index >= 15 is 0 Å². The average Bonchev–Trinajstić information content (AvgIpc) is 2.66. The molecule has 2 atom stereocenters. The van der Waals surface area contributed by atoms with Crippen LogP contribution < -0.4 is 10.6 Å². The van der Waals surface area contributed by atoms with E-state index in [2.05, 4.69) is 34.4 Å². The molecule has 16 heavy (non-hydrogen) atoms. The maximum absolute atomic E-state index is 4.48. The topological polar surface area (TPSA) is 49.8 Å². The maximum atomic E-state index is 4.48. The molecule has 0 bridgehead atoms. The van der Waals surface area contributed by atoms with Crippen molar-refractivity contribution in [1.82, 2.24) is 9.97 Å².